The van der Waals surface area contributed by atoms with E-state index in [0.717, 1.165) is 17.0 Å². The van der Waals surface area contributed by atoms with Gasteiger partial charge in [0.05, 0.1) is 11.9 Å². The van der Waals surface area contributed by atoms with E-state index in [1.54, 1.807) is 0 Å². The summed E-state index contributed by atoms with van der Waals surface area (Å²) in [7, 11) is 2.01. The van der Waals surface area contributed by atoms with Gasteiger partial charge in [0.15, 0.2) is 0 Å². The van der Waals surface area contributed by atoms with E-state index in [1.807, 2.05) is 30.3 Å². The van der Waals surface area contributed by atoms with Crippen molar-refractivity contribution in [2.24, 2.45) is 7.05 Å². The van der Waals surface area contributed by atoms with Crippen molar-refractivity contribution in [3.05, 3.63) is 54.1 Å². The predicted molar refractivity (Wildman–Crippen MR) is 68.5 cm³/mol. The Hall–Kier alpha value is -1.48. The summed E-state index contributed by atoms with van der Waals surface area (Å²) in [6.45, 7) is 2.85. The molecule has 0 saturated carbocycles. The minimum Gasteiger partial charge on any atom is -0.240 e. The highest BCUT2D eigenvalue weighted by Gasteiger charge is 2.06. The molecule has 0 spiro atoms. The number of imidazole rings is 1. The van der Waals surface area contributed by atoms with Crippen LogP contribution in [0, 0.1) is 6.92 Å². The molecule has 1 aromatic carbocycles. The predicted octanol–water partition coefficient (Wildman–Crippen LogP) is 2.04. The van der Waals surface area contributed by atoms with Crippen molar-refractivity contribution >= 4 is 17.1 Å². The quantitative estimate of drug-likeness (QED) is 0.446. The Morgan fingerprint density at radius 3 is 2.56 bits per heavy atom. The third-order valence-corrected chi connectivity index (χ3v) is 2.89. The molecule has 0 saturated heterocycles. The Balaban J connectivity index is 2.11. The number of benzene rings is 1. The van der Waals surface area contributed by atoms with E-state index in [4.69, 9.17) is 12.2 Å². The molecule has 16 heavy (non-hydrogen) atoms. The molecule has 2 aromatic rings. The second-order valence-electron chi connectivity index (χ2n) is 4.04. The molecule has 0 aliphatic heterocycles. The number of hydrogen-bond acceptors (Lipinski definition) is 1. The first-order valence-corrected chi connectivity index (χ1v) is 5.67. The van der Waals surface area contributed by atoms with Gasteiger partial charge in [-0.3, -0.25) is 0 Å². The van der Waals surface area contributed by atoms with E-state index >= 15 is 0 Å². The van der Waals surface area contributed by atoms with Crippen molar-refractivity contribution in [1.82, 2.24) is 4.57 Å². The van der Waals surface area contributed by atoms with Gasteiger partial charge in [-0.1, -0.05) is 42.0 Å². The number of aryl methyl sites for hydroxylation is 2. The third kappa shape index (κ3) is 2.55. The maximum atomic E-state index is 5.42. The summed E-state index contributed by atoms with van der Waals surface area (Å²) in [6.07, 6.45) is 6.07. The number of nitrogens with zero attached hydrogens (tertiary/aromatic N) is 2. The van der Waals surface area contributed by atoms with E-state index < -0.39 is 0 Å². The molecule has 1 aromatic heterocycles. The largest absolute Gasteiger partial charge is 0.243 e. The zero-order valence-corrected chi connectivity index (χ0v) is 10.4. The Morgan fingerprint density at radius 1 is 1.31 bits per heavy atom. The standard InChI is InChI=1S/C13H15N2S/c1-11-3-5-12(6-4-11)13(16)9-15-8-7-14(2)10-15/h3-8,10H,9H2,1-2H3/q+1. The van der Waals surface area contributed by atoms with Crippen LogP contribution in [0.1, 0.15) is 11.1 Å². The molecule has 2 rings (SSSR count). The van der Waals surface area contributed by atoms with E-state index in [0.29, 0.717) is 0 Å². The highest BCUT2D eigenvalue weighted by Crippen LogP contribution is 2.06. The molecular weight excluding hydrogens is 216 g/mol. The van der Waals surface area contributed by atoms with Crippen molar-refractivity contribution < 1.29 is 4.57 Å². The summed E-state index contributed by atoms with van der Waals surface area (Å²) in [4.78, 5) is 0.969. The van der Waals surface area contributed by atoms with Crippen molar-refractivity contribution in [1.29, 1.82) is 0 Å². The molecule has 82 valence electrons. The fourth-order valence-corrected chi connectivity index (χ4v) is 1.88. The lowest BCUT2D eigenvalue weighted by atomic mass is 10.1. The first kappa shape index (κ1) is 11.0. The van der Waals surface area contributed by atoms with E-state index in [9.17, 15) is 0 Å². The molecule has 0 aliphatic rings. The van der Waals surface area contributed by atoms with Crippen LogP contribution in [-0.2, 0) is 13.6 Å². The van der Waals surface area contributed by atoms with Crippen LogP contribution < -0.4 is 4.57 Å². The third-order valence-electron chi connectivity index (χ3n) is 2.52. The topological polar surface area (TPSA) is 8.81 Å². The van der Waals surface area contributed by atoms with Crippen LogP contribution in [0.15, 0.2) is 43.0 Å². The van der Waals surface area contributed by atoms with E-state index in [-0.39, 0.29) is 0 Å². The fraction of sp³-hybridized carbons (Fsp3) is 0.231. The average Bonchev–Trinajstić information content (AvgIpc) is 2.65. The number of rotatable bonds is 3. The average molecular weight is 231 g/mol. The second-order valence-corrected chi connectivity index (χ2v) is 4.53. The summed E-state index contributed by atoms with van der Waals surface area (Å²) in [5.74, 6) is 0. The van der Waals surface area contributed by atoms with Gasteiger partial charge in [0.2, 0.25) is 6.33 Å². The summed E-state index contributed by atoms with van der Waals surface area (Å²) in [5.41, 5.74) is 2.40. The molecule has 0 bridgehead atoms. The SMILES string of the molecule is Cc1ccc(C(=S)Cn2cc[n+](C)c2)cc1. The maximum Gasteiger partial charge on any atom is 0.243 e. The molecule has 0 fully saturated rings. The van der Waals surface area contributed by atoms with Crippen LogP contribution in [0.25, 0.3) is 0 Å². The lowest BCUT2D eigenvalue weighted by Gasteiger charge is -2.01. The second kappa shape index (κ2) is 4.58. The lowest BCUT2D eigenvalue weighted by molar-refractivity contribution is -0.671. The minimum absolute atomic E-state index is 0.763. The van der Waals surface area contributed by atoms with Crippen molar-refractivity contribution in [3.8, 4) is 0 Å². The summed E-state index contributed by atoms with van der Waals surface area (Å²) in [6, 6.07) is 8.36. The van der Waals surface area contributed by atoms with Crippen LogP contribution in [0.3, 0.4) is 0 Å². The van der Waals surface area contributed by atoms with Gasteiger partial charge in [-0.05, 0) is 12.5 Å². The monoisotopic (exact) mass is 231 g/mol. The first-order valence-electron chi connectivity index (χ1n) is 5.26. The summed E-state index contributed by atoms with van der Waals surface area (Å²) >= 11 is 5.42. The molecule has 2 nitrogen and oxygen atoms in total. The van der Waals surface area contributed by atoms with Crippen LogP contribution in [-0.4, -0.2) is 9.43 Å². The molecule has 3 heteroatoms. The van der Waals surface area contributed by atoms with Crippen LogP contribution in [0.2, 0.25) is 0 Å². The Morgan fingerprint density at radius 2 is 2.00 bits per heavy atom. The minimum atomic E-state index is 0.763. The molecule has 0 unspecified atom stereocenters. The van der Waals surface area contributed by atoms with Crippen molar-refractivity contribution in [2.45, 2.75) is 13.5 Å². The molecule has 0 amide bonds. The normalized spacial score (nSPS) is 10.4. The molecular formula is C13H15N2S+. The van der Waals surface area contributed by atoms with Gasteiger partial charge in [-0.25, -0.2) is 9.13 Å². The summed E-state index contributed by atoms with van der Waals surface area (Å²) in [5, 5.41) is 0. The number of hydrogen-bond donors (Lipinski definition) is 0. The Bertz CT molecular complexity index is 497. The highest BCUT2D eigenvalue weighted by molar-refractivity contribution is 7.80. The Kier molecular flexibility index (Phi) is 3.15. The molecule has 0 radical (unpaired) electrons. The van der Waals surface area contributed by atoms with E-state index in [2.05, 4.69) is 35.8 Å². The zero-order valence-electron chi connectivity index (χ0n) is 9.55. The molecule has 1 heterocycles. The van der Waals surface area contributed by atoms with E-state index in [1.165, 1.54) is 5.56 Å². The van der Waals surface area contributed by atoms with Gasteiger partial charge < -0.3 is 0 Å². The first-order chi connectivity index (χ1) is 7.65. The van der Waals surface area contributed by atoms with Gasteiger partial charge in [-0.2, -0.15) is 0 Å². The highest BCUT2D eigenvalue weighted by atomic mass is 32.1. The van der Waals surface area contributed by atoms with Gasteiger partial charge in [0.25, 0.3) is 0 Å². The van der Waals surface area contributed by atoms with Gasteiger partial charge >= 0.3 is 0 Å². The van der Waals surface area contributed by atoms with Gasteiger partial charge in [-0.15, -0.1) is 0 Å². The van der Waals surface area contributed by atoms with Crippen molar-refractivity contribution in [3.63, 3.8) is 0 Å². The Labute approximate surface area is 101 Å². The maximum absolute atomic E-state index is 5.42. The molecule has 0 atom stereocenters. The number of aromatic nitrogens is 2. The van der Waals surface area contributed by atoms with Crippen molar-refractivity contribution in [2.75, 3.05) is 0 Å². The molecule has 0 N–H and O–H groups in total. The van der Waals surface area contributed by atoms with Crippen LogP contribution in [0.5, 0.6) is 0 Å². The van der Waals surface area contributed by atoms with Crippen LogP contribution in [0.4, 0.5) is 0 Å². The summed E-state index contributed by atoms with van der Waals surface area (Å²) < 4.78 is 4.10. The smallest absolute Gasteiger partial charge is 0.240 e. The van der Waals surface area contributed by atoms with Gasteiger partial charge in [0.1, 0.15) is 18.9 Å². The van der Waals surface area contributed by atoms with Crippen LogP contribution >= 0.6 is 12.2 Å². The van der Waals surface area contributed by atoms with Gasteiger partial charge in [0, 0.05) is 0 Å². The zero-order chi connectivity index (χ0) is 11.5. The lowest BCUT2D eigenvalue weighted by Crippen LogP contribution is -2.24. The number of thiocarbonyl (C=S) groups is 1. The molecule has 0 aliphatic carbocycles. The fourth-order valence-electron chi connectivity index (χ4n) is 1.59.